The van der Waals surface area contributed by atoms with Crippen molar-refractivity contribution < 1.29 is 31.4 Å². The van der Waals surface area contributed by atoms with Crippen LogP contribution in [-0.4, -0.2) is 39.5 Å². The smallest absolute Gasteiger partial charge is 0.392 e. The van der Waals surface area contributed by atoms with Crippen LogP contribution in [0.2, 0.25) is 5.02 Å². The molecule has 5 nitrogen and oxygen atoms in total. The molecular weight excluding hydrogens is 335 g/mol. The van der Waals surface area contributed by atoms with E-state index >= 15 is 0 Å². The molecule has 0 heterocycles. The monoisotopic (exact) mass is 347 g/mol. The number of alkyl halides is 3. The molecule has 0 aliphatic heterocycles. The largest absolute Gasteiger partial charge is 0.411 e. The summed E-state index contributed by atoms with van der Waals surface area (Å²) in [6.45, 7) is -2.60. The maximum Gasteiger partial charge on any atom is 0.411 e. The second-order valence-electron chi connectivity index (χ2n) is 3.98. The predicted octanol–water partition coefficient (Wildman–Crippen LogP) is 1.69. The number of benzene rings is 1. The highest BCUT2D eigenvalue weighted by molar-refractivity contribution is 7.89. The normalized spacial score (nSPS) is 12.6. The molecule has 0 radical (unpaired) electrons. The average Bonchev–Trinajstić information content (AvgIpc) is 2.37. The number of aliphatic hydroxyl groups excluding tert-OH is 1. The molecule has 0 saturated heterocycles. The molecule has 2 N–H and O–H groups in total. The van der Waals surface area contributed by atoms with Gasteiger partial charge in [0.15, 0.2) is 0 Å². The number of halogens is 4. The molecule has 0 atom stereocenters. The van der Waals surface area contributed by atoms with E-state index < -0.39 is 36.0 Å². The molecule has 21 heavy (non-hydrogen) atoms. The van der Waals surface area contributed by atoms with Crippen LogP contribution in [0.3, 0.4) is 0 Å². The zero-order chi connectivity index (χ0) is 16.1. The van der Waals surface area contributed by atoms with Gasteiger partial charge in [-0.05, 0) is 23.8 Å². The molecule has 0 aliphatic rings. The van der Waals surface area contributed by atoms with E-state index in [1.165, 1.54) is 18.2 Å². The van der Waals surface area contributed by atoms with Gasteiger partial charge in [-0.2, -0.15) is 13.2 Å². The van der Waals surface area contributed by atoms with Gasteiger partial charge in [-0.15, -0.1) is 0 Å². The second kappa shape index (κ2) is 7.41. The number of sulfonamides is 1. The minimum atomic E-state index is -4.45. The minimum Gasteiger partial charge on any atom is -0.392 e. The van der Waals surface area contributed by atoms with Crippen molar-refractivity contribution in [2.75, 3.05) is 19.8 Å². The van der Waals surface area contributed by atoms with Gasteiger partial charge in [0.1, 0.15) is 6.61 Å². The fourth-order valence-corrected chi connectivity index (χ4v) is 2.60. The highest BCUT2D eigenvalue weighted by atomic mass is 35.5. The first kappa shape index (κ1) is 18.2. The number of hydrogen-bond donors (Lipinski definition) is 2. The van der Waals surface area contributed by atoms with Crippen LogP contribution in [0, 0.1) is 0 Å². The first-order valence-electron chi connectivity index (χ1n) is 5.69. The third kappa shape index (κ3) is 6.18. The van der Waals surface area contributed by atoms with Crippen LogP contribution in [-0.2, 0) is 21.4 Å². The Morgan fingerprint density at radius 3 is 2.57 bits per heavy atom. The van der Waals surface area contributed by atoms with Gasteiger partial charge in [0.2, 0.25) is 10.0 Å². The van der Waals surface area contributed by atoms with Crippen LogP contribution in [0.5, 0.6) is 0 Å². The van der Waals surface area contributed by atoms with Gasteiger partial charge in [-0.25, -0.2) is 13.1 Å². The predicted molar refractivity (Wildman–Crippen MR) is 69.4 cm³/mol. The molecule has 0 aliphatic carbocycles. The highest BCUT2D eigenvalue weighted by Gasteiger charge is 2.27. The van der Waals surface area contributed by atoms with E-state index in [0.29, 0.717) is 0 Å². The molecule has 1 aromatic carbocycles. The Balaban J connectivity index is 2.58. The molecular formula is C11H13ClF3NO4S. The van der Waals surface area contributed by atoms with Crippen molar-refractivity contribution in [2.24, 2.45) is 0 Å². The SMILES string of the molecule is O=S(=O)(NCCOCC(F)(F)F)c1ccc(Cl)c(CO)c1. The summed E-state index contributed by atoms with van der Waals surface area (Å²) in [5.41, 5.74) is 0.230. The van der Waals surface area contributed by atoms with Crippen molar-refractivity contribution in [3.05, 3.63) is 28.8 Å². The maximum atomic E-state index is 11.9. The molecule has 0 fully saturated rings. The van der Waals surface area contributed by atoms with E-state index in [0.717, 1.165) is 0 Å². The van der Waals surface area contributed by atoms with E-state index in [-0.39, 0.29) is 22.0 Å². The van der Waals surface area contributed by atoms with Gasteiger partial charge in [0.05, 0.1) is 18.1 Å². The van der Waals surface area contributed by atoms with Crippen LogP contribution in [0.1, 0.15) is 5.56 Å². The lowest BCUT2D eigenvalue weighted by Gasteiger charge is -2.10. The maximum absolute atomic E-state index is 11.9. The molecule has 0 aromatic heterocycles. The fourth-order valence-electron chi connectivity index (χ4n) is 1.36. The lowest BCUT2D eigenvalue weighted by molar-refractivity contribution is -0.173. The van der Waals surface area contributed by atoms with Gasteiger partial charge in [-0.3, -0.25) is 0 Å². The average molecular weight is 348 g/mol. The molecule has 0 amide bonds. The second-order valence-corrected chi connectivity index (χ2v) is 6.15. The van der Waals surface area contributed by atoms with Crippen molar-refractivity contribution in [3.8, 4) is 0 Å². The Morgan fingerprint density at radius 1 is 1.33 bits per heavy atom. The van der Waals surface area contributed by atoms with Crippen molar-refractivity contribution in [2.45, 2.75) is 17.7 Å². The zero-order valence-electron chi connectivity index (χ0n) is 10.7. The quantitative estimate of drug-likeness (QED) is 0.736. The lowest BCUT2D eigenvalue weighted by atomic mass is 10.2. The zero-order valence-corrected chi connectivity index (χ0v) is 12.2. The van der Waals surface area contributed by atoms with E-state index in [2.05, 4.69) is 9.46 Å². The van der Waals surface area contributed by atoms with Gasteiger partial charge in [0.25, 0.3) is 0 Å². The minimum absolute atomic E-state index is 0.147. The Bertz CT molecular complexity index is 577. The van der Waals surface area contributed by atoms with E-state index in [4.69, 9.17) is 16.7 Å². The molecule has 0 unspecified atom stereocenters. The molecule has 1 aromatic rings. The summed E-state index contributed by atoms with van der Waals surface area (Å²) in [5, 5.41) is 9.22. The van der Waals surface area contributed by atoms with Crippen LogP contribution in [0.4, 0.5) is 13.2 Å². The van der Waals surface area contributed by atoms with Crippen LogP contribution in [0.15, 0.2) is 23.1 Å². The molecule has 0 saturated carbocycles. The molecule has 0 bridgehead atoms. The van der Waals surface area contributed by atoms with Crippen LogP contribution >= 0.6 is 11.6 Å². The topological polar surface area (TPSA) is 75.6 Å². The number of nitrogens with one attached hydrogen (secondary N) is 1. The highest BCUT2D eigenvalue weighted by Crippen LogP contribution is 2.20. The third-order valence-corrected chi connectivity index (χ3v) is 4.13. The van der Waals surface area contributed by atoms with Crippen LogP contribution < -0.4 is 4.72 Å². The summed E-state index contributed by atoms with van der Waals surface area (Å²) in [7, 11) is -3.91. The Morgan fingerprint density at radius 2 is 2.00 bits per heavy atom. The van der Waals surface area contributed by atoms with Gasteiger partial charge >= 0.3 is 6.18 Å². The van der Waals surface area contributed by atoms with Crippen LogP contribution in [0.25, 0.3) is 0 Å². The molecule has 120 valence electrons. The van der Waals surface area contributed by atoms with E-state index in [1.54, 1.807) is 0 Å². The first-order valence-corrected chi connectivity index (χ1v) is 7.55. The molecule has 1 rings (SSSR count). The number of rotatable bonds is 7. The van der Waals surface area contributed by atoms with Crippen molar-refractivity contribution >= 4 is 21.6 Å². The standard InChI is InChI=1S/C11H13ClF3NO4S/c12-10-2-1-9(5-8(10)6-17)21(18,19)16-3-4-20-7-11(13,14)15/h1-2,5,16-17H,3-4,6-7H2. The Kier molecular flexibility index (Phi) is 6.41. The first-order chi connectivity index (χ1) is 9.65. The van der Waals surface area contributed by atoms with E-state index in [9.17, 15) is 21.6 Å². The van der Waals surface area contributed by atoms with Gasteiger partial charge < -0.3 is 9.84 Å². The summed E-state index contributed by atoms with van der Waals surface area (Å²) in [5.74, 6) is 0. The number of ether oxygens (including phenoxy) is 1. The summed E-state index contributed by atoms with van der Waals surface area (Å²) < 4.78 is 65.5. The third-order valence-electron chi connectivity index (χ3n) is 2.30. The van der Waals surface area contributed by atoms with Crippen molar-refractivity contribution in [3.63, 3.8) is 0 Å². The Hall–Kier alpha value is -0.870. The number of hydrogen-bond acceptors (Lipinski definition) is 4. The molecule has 10 heteroatoms. The molecule has 0 spiro atoms. The summed E-state index contributed by atoms with van der Waals surface area (Å²) >= 11 is 5.73. The van der Waals surface area contributed by atoms with Gasteiger partial charge in [-0.1, -0.05) is 11.6 Å². The van der Waals surface area contributed by atoms with Gasteiger partial charge in [0, 0.05) is 11.6 Å². The summed E-state index contributed by atoms with van der Waals surface area (Å²) in [4.78, 5) is -0.147. The summed E-state index contributed by atoms with van der Waals surface area (Å²) in [6.07, 6.45) is -4.45. The van der Waals surface area contributed by atoms with Crippen molar-refractivity contribution in [1.82, 2.24) is 4.72 Å². The Labute approximate surface area is 124 Å². The van der Waals surface area contributed by atoms with E-state index in [1.807, 2.05) is 0 Å². The lowest BCUT2D eigenvalue weighted by Crippen LogP contribution is -2.29. The van der Waals surface area contributed by atoms with Crippen molar-refractivity contribution in [1.29, 1.82) is 0 Å². The fraction of sp³-hybridized carbons (Fsp3) is 0.455. The number of aliphatic hydroxyl groups is 1. The summed E-state index contributed by atoms with van der Waals surface area (Å²) in [6, 6.07) is 3.71.